The molecule has 3 aromatic rings. The second-order valence-electron chi connectivity index (χ2n) is 6.20. The molecule has 0 aliphatic heterocycles. The first kappa shape index (κ1) is 21.3. The van der Waals surface area contributed by atoms with Crippen LogP contribution in [0.3, 0.4) is 0 Å². The van der Waals surface area contributed by atoms with Gasteiger partial charge in [0.25, 0.3) is 0 Å². The summed E-state index contributed by atoms with van der Waals surface area (Å²) in [6, 6.07) is 11.5. The first-order valence-corrected chi connectivity index (χ1v) is 9.77. The van der Waals surface area contributed by atoms with Gasteiger partial charge < -0.3 is 10.1 Å². The molecule has 154 valence electrons. The summed E-state index contributed by atoms with van der Waals surface area (Å²) in [4.78, 5) is 16.8. The number of anilines is 1. The predicted molar refractivity (Wildman–Crippen MR) is 107 cm³/mol. The molecule has 0 unspecified atom stereocenters. The predicted octanol–water partition coefficient (Wildman–Crippen LogP) is 5.28. The van der Waals surface area contributed by atoms with E-state index in [2.05, 4.69) is 10.3 Å². The van der Waals surface area contributed by atoms with Crippen LogP contribution in [0.5, 0.6) is 5.75 Å². The Bertz CT molecular complexity index is 1090. The van der Waals surface area contributed by atoms with Crippen LogP contribution >= 0.6 is 11.3 Å². The normalized spacial score (nSPS) is 11.0. The Morgan fingerprint density at radius 3 is 2.60 bits per heavy atom. The fourth-order valence-electron chi connectivity index (χ4n) is 2.66. The van der Waals surface area contributed by atoms with Crippen LogP contribution in [-0.2, 0) is 17.4 Å². The quantitative estimate of drug-likeness (QED) is 0.576. The van der Waals surface area contributed by atoms with Gasteiger partial charge in [-0.15, -0.1) is 11.3 Å². The van der Waals surface area contributed by atoms with Crippen LogP contribution < -0.4 is 10.1 Å². The summed E-state index contributed by atoms with van der Waals surface area (Å²) in [5, 5.41) is 14.0. The Morgan fingerprint density at radius 1 is 1.23 bits per heavy atom. The topological polar surface area (TPSA) is 75.0 Å². The molecule has 0 radical (unpaired) electrons. The summed E-state index contributed by atoms with van der Waals surface area (Å²) < 4.78 is 43.5. The number of aromatic nitrogens is 1. The second kappa shape index (κ2) is 8.97. The lowest BCUT2D eigenvalue weighted by atomic mass is 10.1. The smallest absolute Gasteiger partial charge is 0.416 e. The van der Waals surface area contributed by atoms with Crippen molar-refractivity contribution in [3.05, 3.63) is 64.7 Å². The zero-order valence-corrected chi connectivity index (χ0v) is 16.6. The number of benzene rings is 2. The third-order valence-electron chi connectivity index (χ3n) is 4.04. The van der Waals surface area contributed by atoms with Crippen molar-refractivity contribution in [1.82, 2.24) is 4.98 Å². The van der Waals surface area contributed by atoms with Gasteiger partial charge in [-0.2, -0.15) is 18.4 Å². The molecule has 0 spiro atoms. The number of ether oxygens (including phenoxy) is 1. The van der Waals surface area contributed by atoms with Gasteiger partial charge in [0.05, 0.1) is 41.6 Å². The first-order valence-electron chi connectivity index (χ1n) is 8.89. The summed E-state index contributed by atoms with van der Waals surface area (Å²) in [6.07, 6.45) is -4.42. The van der Waals surface area contributed by atoms with Crippen molar-refractivity contribution in [3.8, 4) is 22.4 Å². The number of carbonyl (C=O) groups is 1. The van der Waals surface area contributed by atoms with E-state index in [9.17, 15) is 18.0 Å². The molecule has 0 aliphatic rings. The molecular weight excluding hydrogens is 415 g/mol. The summed E-state index contributed by atoms with van der Waals surface area (Å²) in [5.41, 5.74) is 1.07. The number of nitrogens with zero attached hydrogens (tertiary/aromatic N) is 2. The van der Waals surface area contributed by atoms with E-state index in [1.54, 1.807) is 17.5 Å². The molecule has 9 heteroatoms. The number of nitriles is 1. The lowest BCUT2D eigenvalue weighted by Gasteiger charge is -2.11. The average Bonchev–Trinajstić information content (AvgIpc) is 3.17. The number of carbonyl (C=O) groups excluding carboxylic acids is 1. The van der Waals surface area contributed by atoms with Gasteiger partial charge in [0.1, 0.15) is 10.8 Å². The molecule has 3 rings (SSSR count). The van der Waals surface area contributed by atoms with Crippen LogP contribution in [-0.4, -0.2) is 17.5 Å². The number of nitrogens with one attached hydrogen (secondary N) is 1. The maximum Gasteiger partial charge on any atom is 0.416 e. The van der Waals surface area contributed by atoms with E-state index in [1.165, 1.54) is 29.5 Å². The van der Waals surface area contributed by atoms with Crippen LogP contribution in [0, 0.1) is 11.3 Å². The van der Waals surface area contributed by atoms with E-state index in [0.717, 1.165) is 12.1 Å². The molecule has 5 nitrogen and oxygen atoms in total. The molecule has 1 heterocycles. The van der Waals surface area contributed by atoms with Gasteiger partial charge in [-0.05, 0) is 37.3 Å². The van der Waals surface area contributed by atoms with E-state index < -0.39 is 11.7 Å². The summed E-state index contributed by atoms with van der Waals surface area (Å²) >= 11 is 1.24. The van der Waals surface area contributed by atoms with Crippen LogP contribution in [0.4, 0.5) is 18.9 Å². The number of alkyl halides is 3. The molecule has 0 atom stereocenters. The summed E-state index contributed by atoms with van der Waals surface area (Å²) in [5.74, 6) is 0.101. The van der Waals surface area contributed by atoms with E-state index in [4.69, 9.17) is 10.00 Å². The van der Waals surface area contributed by atoms with Crippen LogP contribution in [0.1, 0.15) is 23.7 Å². The minimum absolute atomic E-state index is 0.0283. The van der Waals surface area contributed by atoms with Crippen molar-refractivity contribution in [3.63, 3.8) is 0 Å². The molecule has 1 N–H and O–H groups in total. The lowest BCUT2D eigenvalue weighted by molar-refractivity contribution is -0.137. The molecule has 0 bridgehead atoms. The van der Waals surface area contributed by atoms with E-state index in [0.29, 0.717) is 39.9 Å². The highest BCUT2D eigenvalue weighted by Gasteiger charge is 2.30. The Morgan fingerprint density at radius 2 is 1.97 bits per heavy atom. The summed E-state index contributed by atoms with van der Waals surface area (Å²) in [6.45, 7) is 2.21. The summed E-state index contributed by atoms with van der Waals surface area (Å²) in [7, 11) is 0. The molecular formula is C21H16F3N3O2S. The van der Waals surface area contributed by atoms with Crippen molar-refractivity contribution in [2.75, 3.05) is 11.9 Å². The van der Waals surface area contributed by atoms with Gasteiger partial charge in [-0.25, -0.2) is 4.98 Å². The first-order chi connectivity index (χ1) is 14.3. The van der Waals surface area contributed by atoms with Crippen molar-refractivity contribution < 1.29 is 22.7 Å². The Kier molecular flexibility index (Phi) is 6.37. The fourth-order valence-corrected chi connectivity index (χ4v) is 3.49. The largest absolute Gasteiger partial charge is 0.492 e. The number of hydrogen-bond donors (Lipinski definition) is 1. The lowest BCUT2D eigenvalue weighted by Crippen LogP contribution is -2.15. The third kappa shape index (κ3) is 5.15. The molecule has 0 saturated carbocycles. The van der Waals surface area contributed by atoms with Gasteiger partial charge in [0.2, 0.25) is 5.91 Å². The standard InChI is InChI=1S/C21H16F3N3O2S/c1-2-29-18-8-3-13(11-25)9-17(18)27-19(28)10-16-12-30-20(26-16)14-4-6-15(7-5-14)21(22,23)24/h3-9,12H,2,10H2,1H3,(H,27,28). The van der Waals surface area contributed by atoms with Gasteiger partial charge in [-0.3, -0.25) is 4.79 Å². The second-order valence-corrected chi connectivity index (χ2v) is 7.06. The molecule has 0 saturated heterocycles. The highest BCUT2D eigenvalue weighted by molar-refractivity contribution is 7.13. The van der Waals surface area contributed by atoms with Gasteiger partial charge >= 0.3 is 6.18 Å². The zero-order valence-electron chi connectivity index (χ0n) is 15.8. The highest BCUT2D eigenvalue weighted by atomic mass is 32.1. The zero-order chi connectivity index (χ0) is 21.7. The number of amides is 1. The van der Waals surface area contributed by atoms with Crippen molar-refractivity contribution in [2.24, 2.45) is 0 Å². The van der Waals surface area contributed by atoms with Gasteiger partial charge in [0, 0.05) is 10.9 Å². The number of halogens is 3. The van der Waals surface area contributed by atoms with Crippen molar-refractivity contribution >= 4 is 22.9 Å². The van der Waals surface area contributed by atoms with Crippen LogP contribution in [0.2, 0.25) is 0 Å². The van der Waals surface area contributed by atoms with E-state index >= 15 is 0 Å². The molecule has 1 aromatic heterocycles. The maximum atomic E-state index is 12.7. The third-order valence-corrected chi connectivity index (χ3v) is 4.98. The SMILES string of the molecule is CCOc1ccc(C#N)cc1NC(=O)Cc1csc(-c2ccc(C(F)(F)F)cc2)n1. The Balaban J connectivity index is 1.71. The highest BCUT2D eigenvalue weighted by Crippen LogP contribution is 2.32. The van der Waals surface area contributed by atoms with Gasteiger partial charge in [0.15, 0.2) is 0 Å². The molecule has 2 aromatic carbocycles. The van der Waals surface area contributed by atoms with Crippen molar-refractivity contribution in [2.45, 2.75) is 19.5 Å². The molecule has 0 fully saturated rings. The number of hydrogen-bond acceptors (Lipinski definition) is 5. The Labute approximate surface area is 174 Å². The van der Waals surface area contributed by atoms with E-state index in [-0.39, 0.29) is 12.3 Å². The monoisotopic (exact) mass is 431 g/mol. The fraction of sp³-hybridized carbons (Fsp3) is 0.190. The minimum atomic E-state index is -4.39. The maximum absolute atomic E-state index is 12.7. The molecule has 30 heavy (non-hydrogen) atoms. The molecule has 1 amide bonds. The molecule has 0 aliphatic carbocycles. The van der Waals surface area contributed by atoms with Crippen molar-refractivity contribution in [1.29, 1.82) is 5.26 Å². The van der Waals surface area contributed by atoms with Crippen LogP contribution in [0.25, 0.3) is 10.6 Å². The van der Waals surface area contributed by atoms with Gasteiger partial charge in [-0.1, -0.05) is 12.1 Å². The van der Waals surface area contributed by atoms with E-state index in [1.807, 2.05) is 13.0 Å². The Hall–Kier alpha value is -3.38. The number of rotatable bonds is 6. The minimum Gasteiger partial charge on any atom is -0.492 e. The average molecular weight is 431 g/mol. The number of thiazole rings is 1. The van der Waals surface area contributed by atoms with Crippen LogP contribution in [0.15, 0.2) is 47.8 Å².